The lowest BCUT2D eigenvalue weighted by atomic mass is 10.1. The van der Waals surface area contributed by atoms with Crippen LogP contribution in [0.15, 0.2) is 88.3 Å². The fourth-order valence-electron chi connectivity index (χ4n) is 3.87. The number of rotatable bonds is 6. The molecule has 0 radical (unpaired) electrons. The quantitative estimate of drug-likeness (QED) is 0.445. The number of anilines is 2. The number of carbonyl (C=O) groups is 1. The Kier molecular flexibility index (Phi) is 5.62. The maximum Gasteiger partial charge on any atom is 0.261 e. The van der Waals surface area contributed by atoms with Gasteiger partial charge in [-0.15, -0.1) is 0 Å². The number of aromatic nitrogens is 2. The first kappa shape index (κ1) is 21.8. The van der Waals surface area contributed by atoms with E-state index < -0.39 is 10.0 Å². The zero-order valence-corrected chi connectivity index (χ0v) is 19.2. The Bertz CT molecular complexity index is 1420. The molecule has 3 aromatic carbocycles. The topological polar surface area (TPSA) is 105 Å². The van der Waals surface area contributed by atoms with Crippen molar-refractivity contribution in [3.05, 3.63) is 90.3 Å². The summed E-state index contributed by atoms with van der Waals surface area (Å²) >= 11 is 0. The maximum atomic E-state index is 12.6. The SMILES string of the molecule is Cc1ccc(N2CC(c3nc(-c4ccc(NS(=O)(=O)c5ccccc5)cc4)no3)CC2=O)cc1. The fraction of sp³-hybridized carbons (Fsp3) is 0.160. The average molecular weight is 475 g/mol. The van der Waals surface area contributed by atoms with E-state index in [0.717, 1.165) is 11.3 Å². The highest BCUT2D eigenvalue weighted by Gasteiger charge is 2.35. The summed E-state index contributed by atoms with van der Waals surface area (Å²) < 4.78 is 33.0. The summed E-state index contributed by atoms with van der Waals surface area (Å²) in [7, 11) is -3.67. The molecule has 34 heavy (non-hydrogen) atoms. The van der Waals surface area contributed by atoms with Gasteiger partial charge in [-0.2, -0.15) is 4.98 Å². The third-order valence-corrected chi connectivity index (χ3v) is 7.11. The summed E-state index contributed by atoms with van der Waals surface area (Å²) in [4.78, 5) is 19.0. The van der Waals surface area contributed by atoms with E-state index in [4.69, 9.17) is 4.52 Å². The molecule has 172 valence electrons. The van der Waals surface area contributed by atoms with Crippen LogP contribution in [-0.4, -0.2) is 31.0 Å². The standard InChI is InChI=1S/C25H22N4O4S/c1-17-7-13-21(14-8-17)29-16-19(15-23(29)30)25-26-24(27-33-25)18-9-11-20(12-10-18)28-34(31,32)22-5-3-2-4-6-22/h2-14,19,28H,15-16H2,1H3. The molecular formula is C25H22N4O4S. The van der Waals surface area contributed by atoms with Gasteiger partial charge in [0.2, 0.25) is 17.6 Å². The Morgan fingerprint density at radius 1 is 0.971 bits per heavy atom. The zero-order chi connectivity index (χ0) is 23.7. The van der Waals surface area contributed by atoms with E-state index in [0.29, 0.717) is 35.9 Å². The van der Waals surface area contributed by atoms with Crippen LogP contribution in [0, 0.1) is 6.92 Å². The molecule has 1 atom stereocenters. The molecule has 1 saturated heterocycles. The Morgan fingerprint density at radius 3 is 2.38 bits per heavy atom. The number of carbonyl (C=O) groups excluding carboxylic acids is 1. The highest BCUT2D eigenvalue weighted by Crippen LogP contribution is 2.32. The Hall–Kier alpha value is -3.98. The normalized spacial score (nSPS) is 16.1. The predicted octanol–water partition coefficient (Wildman–Crippen LogP) is 4.37. The van der Waals surface area contributed by atoms with Gasteiger partial charge in [-0.25, -0.2) is 8.42 Å². The van der Waals surface area contributed by atoms with Crippen molar-refractivity contribution in [2.75, 3.05) is 16.2 Å². The van der Waals surface area contributed by atoms with Crippen LogP contribution in [0.2, 0.25) is 0 Å². The van der Waals surface area contributed by atoms with Crippen LogP contribution in [-0.2, 0) is 14.8 Å². The van der Waals surface area contributed by atoms with Crippen molar-refractivity contribution in [2.45, 2.75) is 24.2 Å². The van der Waals surface area contributed by atoms with Crippen LogP contribution in [0.3, 0.4) is 0 Å². The molecule has 5 rings (SSSR count). The number of hydrogen-bond donors (Lipinski definition) is 1. The highest BCUT2D eigenvalue weighted by atomic mass is 32.2. The molecular weight excluding hydrogens is 452 g/mol. The van der Waals surface area contributed by atoms with E-state index in [-0.39, 0.29) is 16.7 Å². The maximum absolute atomic E-state index is 12.6. The number of hydrogen-bond acceptors (Lipinski definition) is 6. The van der Waals surface area contributed by atoms with Crippen LogP contribution in [0.4, 0.5) is 11.4 Å². The van der Waals surface area contributed by atoms with E-state index in [2.05, 4.69) is 14.9 Å². The molecule has 1 aromatic heterocycles. The first-order chi connectivity index (χ1) is 16.4. The van der Waals surface area contributed by atoms with Crippen LogP contribution >= 0.6 is 0 Å². The lowest BCUT2D eigenvalue weighted by Gasteiger charge is -2.16. The van der Waals surface area contributed by atoms with Crippen molar-refractivity contribution < 1.29 is 17.7 Å². The summed E-state index contributed by atoms with van der Waals surface area (Å²) in [5, 5.41) is 4.06. The van der Waals surface area contributed by atoms with E-state index in [1.807, 2.05) is 31.2 Å². The van der Waals surface area contributed by atoms with Gasteiger partial charge in [-0.3, -0.25) is 9.52 Å². The molecule has 1 unspecified atom stereocenters. The third kappa shape index (κ3) is 4.42. The minimum Gasteiger partial charge on any atom is -0.339 e. The van der Waals surface area contributed by atoms with Crippen LogP contribution in [0.25, 0.3) is 11.4 Å². The van der Waals surface area contributed by atoms with Crippen molar-refractivity contribution in [1.29, 1.82) is 0 Å². The van der Waals surface area contributed by atoms with Crippen LogP contribution < -0.4 is 9.62 Å². The summed E-state index contributed by atoms with van der Waals surface area (Å²) in [6, 6.07) is 22.7. The summed E-state index contributed by atoms with van der Waals surface area (Å²) in [5.41, 5.74) is 3.09. The first-order valence-corrected chi connectivity index (χ1v) is 12.3. The molecule has 1 amide bonds. The van der Waals surface area contributed by atoms with E-state index in [1.54, 1.807) is 47.4 Å². The van der Waals surface area contributed by atoms with Crippen molar-refractivity contribution >= 4 is 27.3 Å². The van der Waals surface area contributed by atoms with Gasteiger partial charge in [0, 0.05) is 29.9 Å². The first-order valence-electron chi connectivity index (χ1n) is 10.8. The smallest absolute Gasteiger partial charge is 0.261 e. The van der Waals surface area contributed by atoms with E-state index in [9.17, 15) is 13.2 Å². The van der Waals surface area contributed by atoms with E-state index >= 15 is 0 Å². The van der Waals surface area contributed by atoms with Gasteiger partial charge in [0.05, 0.1) is 10.8 Å². The second kappa shape index (κ2) is 8.75. The van der Waals surface area contributed by atoms with E-state index in [1.165, 1.54) is 12.1 Å². The largest absolute Gasteiger partial charge is 0.339 e. The van der Waals surface area contributed by atoms with Gasteiger partial charge in [0.15, 0.2) is 0 Å². The van der Waals surface area contributed by atoms with Gasteiger partial charge in [0.25, 0.3) is 10.0 Å². The van der Waals surface area contributed by atoms with Crippen LogP contribution in [0.5, 0.6) is 0 Å². The third-order valence-electron chi connectivity index (χ3n) is 5.71. The minimum absolute atomic E-state index is 0.0173. The minimum atomic E-state index is -3.67. The lowest BCUT2D eigenvalue weighted by Crippen LogP contribution is -2.24. The van der Waals surface area contributed by atoms with Crippen LogP contribution in [0.1, 0.15) is 23.8 Å². The number of amides is 1. The molecule has 0 bridgehead atoms. The van der Waals surface area contributed by atoms with Crippen molar-refractivity contribution in [1.82, 2.24) is 10.1 Å². The number of nitrogens with one attached hydrogen (secondary N) is 1. The van der Waals surface area contributed by atoms with Gasteiger partial charge in [-0.05, 0) is 55.5 Å². The van der Waals surface area contributed by atoms with Crippen molar-refractivity contribution in [2.24, 2.45) is 0 Å². The molecule has 8 nitrogen and oxygen atoms in total. The highest BCUT2D eigenvalue weighted by molar-refractivity contribution is 7.92. The molecule has 2 heterocycles. The molecule has 1 aliphatic rings. The molecule has 0 spiro atoms. The Labute approximate surface area is 197 Å². The van der Waals surface area contributed by atoms with Crippen molar-refractivity contribution in [3.8, 4) is 11.4 Å². The second-order valence-corrected chi connectivity index (χ2v) is 9.88. The molecule has 0 aliphatic carbocycles. The summed E-state index contributed by atoms with van der Waals surface area (Å²) in [5.74, 6) is 0.621. The average Bonchev–Trinajstić information content (AvgIpc) is 3.48. The lowest BCUT2D eigenvalue weighted by molar-refractivity contribution is -0.117. The number of aryl methyl sites for hydroxylation is 1. The Morgan fingerprint density at radius 2 is 1.68 bits per heavy atom. The number of nitrogens with zero attached hydrogens (tertiary/aromatic N) is 3. The van der Waals surface area contributed by atoms with Crippen molar-refractivity contribution in [3.63, 3.8) is 0 Å². The molecule has 4 aromatic rings. The van der Waals surface area contributed by atoms with Gasteiger partial charge in [-0.1, -0.05) is 41.1 Å². The van der Waals surface area contributed by atoms with Gasteiger partial charge < -0.3 is 9.42 Å². The Balaban J connectivity index is 1.28. The molecule has 1 aliphatic heterocycles. The number of benzene rings is 3. The summed E-state index contributed by atoms with van der Waals surface area (Å²) in [6.45, 7) is 2.48. The molecule has 0 saturated carbocycles. The molecule has 9 heteroatoms. The second-order valence-electron chi connectivity index (χ2n) is 8.19. The fourth-order valence-corrected chi connectivity index (χ4v) is 4.95. The van der Waals surface area contributed by atoms with Gasteiger partial charge in [0.1, 0.15) is 0 Å². The molecule has 1 N–H and O–H groups in total. The number of sulfonamides is 1. The predicted molar refractivity (Wildman–Crippen MR) is 128 cm³/mol. The van der Waals surface area contributed by atoms with Gasteiger partial charge >= 0.3 is 0 Å². The molecule has 1 fully saturated rings. The summed E-state index contributed by atoms with van der Waals surface area (Å²) in [6.07, 6.45) is 0.301. The zero-order valence-electron chi connectivity index (χ0n) is 18.4. The monoisotopic (exact) mass is 474 g/mol.